The van der Waals surface area contributed by atoms with E-state index >= 15 is 0 Å². The topological polar surface area (TPSA) is 74.7 Å². The first-order chi connectivity index (χ1) is 9.29. The number of hydrogen-bond donors (Lipinski definition) is 1. The minimum Gasteiger partial charge on any atom is -0.481 e. The molecule has 1 N–H and O–H groups in total. The third-order valence-electron chi connectivity index (χ3n) is 3.55. The van der Waals surface area contributed by atoms with Crippen LogP contribution < -0.4 is 0 Å². The Morgan fingerprint density at radius 3 is 2.45 bits per heavy atom. The molecule has 0 spiro atoms. The number of carboxylic acid groups (broad SMARTS) is 1. The summed E-state index contributed by atoms with van der Waals surface area (Å²) in [6.07, 6.45) is 0. The molecule has 2 atom stereocenters. The number of aliphatic carboxylic acids is 1. The molecule has 1 aliphatic rings. The van der Waals surface area contributed by atoms with Gasteiger partial charge < -0.3 is 5.11 Å². The molecule has 110 valence electrons. The van der Waals surface area contributed by atoms with Crippen molar-refractivity contribution in [1.82, 2.24) is 4.31 Å². The maximum atomic E-state index is 12.8. The highest BCUT2D eigenvalue weighted by molar-refractivity contribution is 7.88. The summed E-state index contributed by atoms with van der Waals surface area (Å²) in [4.78, 5) is 11.0. The number of rotatable bonds is 4. The molecule has 20 heavy (non-hydrogen) atoms. The van der Waals surface area contributed by atoms with Crippen molar-refractivity contribution in [2.75, 3.05) is 13.1 Å². The van der Waals surface area contributed by atoms with E-state index in [2.05, 4.69) is 0 Å². The molecule has 1 aliphatic heterocycles. The number of carboxylic acids is 1. The quantitative estimate of drug-likeness (QED) is 0.910. The first-order valence-corrected chi connectivity index (χ1v) is 7.85. The van der Waals surface area contributed by atoms with Gasteiger partial charge in [0.05, 0.1) is 11.7 Å². The van der Waals surface area contributed by atoms with Gasteiger partial charge in [-0.15, -0.1) is 0 Å². The molecule has 0 amide bonds. The van der Waals surface area contributed by atoms with Gasteiger partial charge in [0.2, 0.25) is 10.0 Å². The molecular weight excluding hydrogens is 285 g/mol. The molecule has 0 aliphatic carbocycles. The van der Waals surface area contributed by atoms with Crippen LogP contribution in [-0.2, 0) is 20.6 Å². The van der Waals surface area contributed by atoms with Crippen molar-refractivity contribution in [3.63, 3.8) is 0 Å². The molecule has 0 saturated carbocycles. The number of benzene rings is 1. The first-order valence-electron chi connectivity index (χ1n) is 6.24. The fourth-order valence-electron chi connectivity index (χ4n) is 2.35. The number of nitrogens with zero attached hydrogens (tertiary/aromatic N) is 1. The number of halogens is 1. The number of sulfonamides is 1. The average Bonchev–Trinajstić information content (AvgIpc) is 2.75. The van der Waals surface area contributed by atoms with Crippen LogP contribution in [0.4, 0.5) is 4.39 Å². The summed E-state index contributed by atoms with van der Waals surface area (Å²) in [5.41, 5.74) is 0.484. The molecule has 0 bridgehead atoms. The van der Waals surface area contributed by atoms with Crippen LogP contribution in [0.3, 0.4) is 0 Å². The van der Waals surface area contributed by atoms with E-state index < -0.39 is 27.7 Å². The van der Waals surface area contributed by atoms with Crippen molar-refractivity contribution in [3.8, 4) is 0 Å². The monoisotopic (exact) mass is 301 g/mol. The highest BCUT2D eigenvalue weighted by Crippen LogP contribution is 2.26. The molecule has 1 fully saturated rings. The summed E-state index contributed by atoms with van der Waals surface area (Å²) < 4.78 is 38.5. The SMILES string of the molecule is CC1CN(S(=O)(=O)Cc2ccc(F)cc2)CC1C(=O)O. The van der Waals surface area contributed by atoms with E-state index in [1.807, 2.05) is 0 Å². The van der Waals surface area contributed by atoms with Crippen LogP contribution in [0.15, 0.2) is 24.3 Å². The Bertz CT molecular complexity index is 599. The molecule has 2 rings (SSSR count). The van der Waals surface area contributed by atoms with Crippen molar-refractivity contribution in [1.29, 1.82) is 0 Å². The second kappa shape index (κ2) is 5.49. The normalized spacial score (nSPS) is 23.9. The third kappa shape index (κ3) is 3.16. The van der Waals surface area contributed by atoms with E-state index in [-0.39, 0.29) is 24.8 Å². The van der Waals surface area contributed by atoms with Gasteiger partial charge in [-0.1, -0.05) is 19.1 Å². The maximum Gasteiger partial charge on any atom is 0.308 e. The van der Waals surface area contributed by atoms with E-state index in [1.54, 1.807) is 6.92 Å². The summed E-state index contributed by atoms with van der Waals surface area (Å²) in [5.74, 6) is -2.52. The maximum absolute atomic E-state index is 12.8. The molecule has 1 saturated heterocycles. The summed E-state index contributed by atoms with van der Waals surface area (Å²) in [6, 6.07) is 5.25. The van der Waals surface area contributed by atoms with Crippen LogP contribution in [-0.4, -0.2) is 36.9 Å². The summed E-state index contributed by atoms with van der Waals surface area (Å²) in [5, 5.41) is 9.02. The Kier molecular flexibility index (Phi) is 4.10. The molecule has 1 aromatic rings. The predicted octanol–water partition coefficient (Wildman–Crippen LogP) is 1.31. The molecular formula is C13H16FNO4S. The van der Waals surface area contributed by atoms with Crippen molar-refractivity contribution in [2.24, 2.45) is 11.8 Å². The van der Waals surface area contributed by atoms with Crippen LogP contribution in [0.5, 0.6) is 0 Å². The highest BCUT2D eigenvalue weighted by Gasteiger charge is 2.39. The Morgan fingerprint density at radius 1 is 1.35 bits per heavy atom. The lowest BCUT2D eigenvalue weighted by atomic mass is 9.99. The Balaban J connectivity index is 2.12. The average molecular weight is 301 g/mol. The summed E-state index contributed by atoms with van der Waals surface area (Å²) in [7, 11) is -3.58. The lowest BCUT2D eigenvalue weighted by Crippen LogP contribution is -2.31. The van der Waals surface area contributed by atoms with E-state index in [4.69, 9.17) is 5.11 Å². The third-order valence-corrected chi connectivity index (χ3v) is 5.33. The van der Waals surface area contributed by atoms with Gasteiger partial charge in [0.1, 0.15) is 5.82 Å². The van der Waals surface area contributed by atoms with E-state index in [9.17, 15) is 17.6 Å². The molecule has 1 heterocycles. The van der Waals surface area contributed by atoms with Gasteiger partial charge in [-0.05, 0) is 23.6 Å². The Morgan fingerprint density at radius 2 is 1.95 bits per heavy atom. The van der Waals surface area contributed by atoms with Gasteiger partial charge in [0.25, 0.3) is 0 Å². The highest BCUT2D eigenvalue weighted by atomic mass is 32.2. The molecule has 7 heteroatoms. The standard InChI is InChI=1S/C13H16FNO4S/c1-9-6-15(7-12(9)13(16)17)20(18,19)8-10-2-4-11(14)5-3-10/h2-5,9,12H,6-8H2,1H3,(H,16,17). The summed E-state index contributed by atoms with van der Waals surface area (Å²) in [6.45, 7) is 1.94. The lowest BCUT2D eigenvalue weighted by Gasteiger charge is -2.16. The van der Waals surface area contributed by atoms with Crippen molar-refractivity contribution in [2.45, 2.75) is 12.7 Å². The van der Waals surface area contributed by atoms with E-state index in [1.165, 1.54) is 28.6 Å². The van der Waals surface area contributed by atoms with Crippen molar-refractivity contribution < 1.29 is 22.7 Å². The summed E-state index contributed by atoms with van der Waals surface area (Å²) >= 11 is 0. The van der Waals surface area contributed by atoms with Crippen molar-refractivity contribution in [3.05, 3.63) is 35.6 Å². The van der Waals surface area contributed by atoms with E-state index in [0.29, 0.717) is 5.56 Å². The van der Waals surface area contributed by atoms with Crippen molar-refractivity contribution >= 4 is 16.0 Å². The zero-order chi connectivity index (χ0) is 14.9. The zero-order valence-electron chi connectivity index (χ0n) is 11.0. The Labute approximate surface area is 117 Å². The molecule has 1 aromatic carbocycles. The van der Waals surface area contributed by atoms with Crippen LogP contribution in [0.2, 0.25) is 0 Å². The fraction of sp³-hybridized carbons (Fsp3) is 0.462. The van der Waals surface area contributed by atoms with Gasteiger partial charge in [0.15, 0.2) is 0 Å². The van der Waals surface area contributed by atoms with Gasteiger partial charge in [-0.2, -0.15) is 0 Å². The molecule has 5 nitrogen and oxygen atoms in total. The van der Waals surface area contributed by atoms with Gasteiger partial charge >= 0.3 is 5.97 Å². The minimum absolute atomic E-state index is 0.0000278. The smallest absolute Gasteiger partial charge is 0.308 e. The second-order valence-corrected chi connectivity index (χ2v) is 7.09. The Hall–Kier alpha value is -1.47. The largest absolute Gasteiger partial charge is 0.481 e. The van der Waals surface area contributed by atoms with Gasteiger partial charge in [-0.3, -0.25) is 4.79 Å². The zero-order valence-corrected chi connectivity index (χ0v) is 11.8. The number of carbonyl (C=O) groups is 1. The predicted molar refractivity (Wildman–Crippen MR) is 70.9 cm³/mol. The first kappa shape index (κ1) is 14.9. The molecule has 0 aromatic heterocycles. The lowest BCUT2D eigenvalue weighted by molar-refractivity contribution is -0.142. The fourth-order valence-corrected chi connectivity index (χ4v) is 4.00. The van der Waals surface area contributed by atoms with Crippen LogP contribution in [0.25, 0.3) is 0 Å². The van der Waals surface area contributed by atoms with Crippen LogP contribution in [0.1, 0.15) is 12.5 Å². The number of hydrogen-bond acceptors (Lipinski definition) is 3. The van der Waals surface area contributed by atoms with E-state index in [0.717, 1.165) is 0 Å². The van der Waals surface area contributed by atoms with Crippen LogP contribution >= 0.6 is 0 Å². The second-order valence-electron chi connectivity index (χ2n) is 5.12. The minimum atomic E-state index is -3.58. The molecule has 2 unspecified atom stereocenters. The molecule has 0 radical (unpaired) electrons. The van der Waals surface area contributed by atoms with Crippen LogP contribution in [0, 0.1) is 17.7 Å². The van der Waals surface area contributed by atoms with Gasteiger partial charge in [-0.25, -0.2) is 17.1 Å². The van der Waals surface area contributed by atoms with Gasteiger partial charge in [0, 0.05) is 13.1 Å².